The summed E-state index contributed by atoms with van der Waals surface area (Å²) >= 11 is 0. The number of hydrogen-bond acceptors (Lipinski definition) is 6. The molecule has 0 amide bonds. The predicted octanol–water partition coefficient (Wildman–Crippen LogP) is 2.06. The Morgan fingerprint density at radius 3 is 2.59 bits per heavy atom. The minimum Gasteiger partial charge on any atom is -0.508 e. The second-order valence-corrected chi connectivity index (χ2v) is 5.01. The summed E-state index contributed by atoms with van der Waals surface area (Å²) in [4.78, 5) is 12.2. The minimum atomic E-state index is -0.912. The largest absolute Gasteiger partial charge is 0.508 e. The fourth-order valence-electron chi connectivity index (χ4n) is 2.48. The van der Waals surface area contributed by atoms with Gasteiger partial charge < -0.3 is 24.8 Å². The van der Waals surface area contributed by atoms with E-state index < -0.39 is 6.10 Å². The summed E-state index contributed by atoms with van der Waals surface area (Å²) in [5, 5.41) is 29.1. The van der Waals surface area contributed by atoms with Crippen LogP contribution in [0.25, 0.3) is 0 Å². The van der Waals surface area contributed by atoms with E-state index in [2.05, 4.69) is 0 Å². The second kappa shape index (κ2) is 5.14. The van der Waals surface area contributed by atoms with Crippen molar-refractivity contribution < 1.29 is 29.6 Å². The summed E-state index contributed by atoms with van der Waals surface area (Å²) in [6, 6.07) is 7.06. The van der Waals surface area contributed by atoms with Gasteiger partial charge in [0.15, 0.2) is 23.4 Å². The number of carbonyl (C=O) groups is 1. The van der Waals surface area contributed by atoms with Crippen LogP contribution in [0.5, 0.6) is 28.7 Å². The number of ether oxygens (including phenoxy) is 2. The van der Waals surface area contributed by atoms with Crippen LogP contribution in [0.1, 0.15) is 17.2 Å². The topological polar surface area (TPSA) is 96.2 Å². The molecule has 0 radical (unpaired) electrons. The van der Waals surface area contributed by atoms with Gasteiger partial charge in [-0.25, -0.2) is 0 Å². The zero-order valence-corrected chi connectivity index (χ0v) is 11.7. The molecule has 1 aliphatic rings. The zero-order chi connectivity index (χ0) is 15.9. The smallest absolute Gasteiger partial charge is 0.182 e. The lowest BCUT2D eigenvalue weighted by molar-refractivity contribution is -0.126. The number of benzene rings is 2. The molecule has 114 valence electrons. The Labute approximate surface area is 126 Å². The highest BCUT2D eigenvalue weighted by Crippen LogP contribution is 2.41. The van der Waals surface area contributed by atoms with E-state index in [1.807, 2.05) is 0 Å². The van der Waals surface area contributed by atoms with Crippen LogP contribution in [0.2, 0.25) is 0 Å². The number of ketones is 1. The van der Waals surface area contributed by atoms with Crippen LogP contribution >= 0.6 is 0 Å². The van der Waals surface area contributed by atoms with Crippen LogP contribution < -0.4 is 9.47 Å². The van der Waals surface area contributed by atoms with E-state index in [0.29, 0.717) is 16.9 Å². The lowest BCUT2D eigenvalue weighted by Gasteiger charge is -2.26. The predicted molar refractivity (Wildman–Crippen MR) is 76.5 cm³/mol. The first-order valence-electron chi connectivity index (χ1n) is 6.60. The van der Waals surface area contributed by atoms with E-state index in [9.17, 15) is 20.1 Å². The maximum atomic E-state index is 12.2. The van der Waals surface area contributed by atoms with Crippen molar-refractivity contribution in [1.82, 2.24) is 0 Å². The molecule has 6 heteroatoms. The molecular weight excluding hydrogens is 288 g/mol. The van der Waals surface area contributed by atoms with Crippen molar-refractivity contribution in [2.24, 2.45) is 0 Å². The fraction of sp³-hybridized carbons (Fsp3) is 0.188. The number of fused-ring (bicyclic) bond motifs is 1. The SMILES string of the molecule is COc1ccc(C2Oc3cc(O)cc(O)c3CC2=O)cc1O. The van der Waals surface area contributed by atoms with E-state index in [0.717, 1.165) is 6.07 Å². The number of phenols is 3. The van der Waals surface area contributed by atoms with Crippen LogP contribution in [-0.4, -0.2) is 28.2 Å². The van der Waals surface area contributed by atoms with Gasteiger partial charge >= 0.3 is 0 Å². The van der Waals surface area contributed by atoms with Gasteiger partial charge in [0.05, 0.1) is 7.11 Å². The molecule has 0 fully saturated rings. The van der Waals surface area contributed by atoms with E-state index >= 15 is 0 Å². The van der Waals surface area contributed by atoms with Crippen LogP contribution in [0, 0.1) is 0 Å². The Hall–Kier alpha value is -2.89. The Morgan fingerprint density at radius 1 is 1.14 bits per heavy atom. The number of carbonyl (C=O) groups excluding carboxylic acids is 1. The number of aromatic hydroxyl groups is 3. The Morgan fingerprint density at radius 2 is 1.91 bits per heavy atom. The monoisotopic (exact) mass is 302 g/mol. The van der Waals surface area contributed by atoms with Crippen molar-refractivity contribution in [3.05, 3.63) is 41.5 Å². The third-order valence-electron chi connectivity index (χ3n) is 3.56. The van der Waals surface area contributed by atoms with Gasteiger partial charge in [-0.1, -0.05) is 6.07 Å². The molecular formula is C16H14O6. The standard InChI is InChI=1S/C16H14O6/c1-21-14-3-2-8(4-12(14)19)16-13(20)7-10-11(18)5-9(17)6-15(10)22-16/h2-6,16-19H,7H2,1H3. The van der Waals surface area contributed by atoms with E-state index in [1.54, 1.807) is 6.07 Å². The molecule has 1 heterocycles. The third-order valence-corrected chi connectivity index (χ3v) is 3.56. The van der Waals surface area contributed by atoms with Gasteiger partial charge in [0.1, 0.15) is 17.2 Å². The quantitative estimate of drug-likeness (QED) is 0.786. The van der Waals surface area contributed by atoms with Crippen molar-refractivity contribution >= 4 is 5.78 Å². The van der Waals surface area contributed by atoms with Crippen LogP contribution in [0.4, 0.5) is 0 Å². The summed E-state index contributed by atoms with van der Waals surface area (Å²) < 4.78 is 10.6. The van der Waals surface area contributed by atoms with Crippen molar-refractivity contribution in [2.45, 2.75) is 12.5 Å². The van der Waals surface area contributed by atoms with Crippen LogP contribution in [0.15, 0.2) is 30.3 Å². The molecule has 2 aromatic carbocycles. The molecule has 0 bridgehead atoms. The number of hydrogen-bond donors (Lipinski definition) is 3. The van der Waals surface area contributed by atoms with Crippen molar-refractivity contribution in [3.8, 4) is 28.7 Å². The maximum Gasteiger partial charge on any atom is 0.182 e. The zero-order valence-electron chi connectivity index (χ0n) is 11.7. The molecule has 0 aromatic heterocycles. The van der Waals surface area contributed by atoms with Gasteiger partial charge in [0.2, 0.25) is 0 Å². The number of Topliss-reactive ketones (excluding diaryl/α,β-unsaturated/α-hetero) is 1. The Bertz CT molecular complexity index is 753. The molecule has 0 saturated heterocycles. The molecule has 3 rings (SSSR count). The number of phenolic OH excluding ortho intramolecular Hbond substituents is 3. The highest BCUT2D eigenvalue weighted by atomic mass is 16.5. The fourth-order valence-corrected chi connectivity index (χ4v) is 2.48. The van der Waals surface area contributed by atoms with E-state index in [1.165, 1.54) is 25.3 Å². The molecule has 1 unspecified atom stereocenters. The maximum absolute atomic E-state index is 12.2. The molecule has 1 aliphatic heterocycles. The van der Waals surface area contributed by atoms with Crippen molar-refractivity contribution in [1.29, 1.82) is 0 Å². The summed E-state index contributed by atoms with van der Waals surface area (Å²) in [5.74, 6) is -0.138. The summed E-state index contributed by atoms with van der Waals surface area (Å²) in [6.45, 7) is 0. The van der Waals surface area contributed by atoms with Gasteiger partial charge in [-0.15, -0.1) is 0 Å². The first kappa shape index (κ1) is 14.1. The highest BCUT2D eigenvalue weighted by Gasteiger charge is 2.31. The normalized spacial score (nSPS) is 16.8. The average molecular weight is 302 g/mol. The molecule has 22 heavy (non-hydrogen) atoms. The summed E-state index contributed by atoms with van der Waals surface area (Å²) in [5.41, 5.74) is 0.813. The van der Waals surface area contributed by atoms with Crippen molar-refractivity contribution in [3.63, 3.8) is 0 Å². The van der Waals surface area contributed by atoms with Gasteiger partial charge in [-0.2, -0.15) is 0 Å². The van der Waals surface area contributed by atoms with E-state index in [4.69, 9.17) is 9.47 Å². The van der Waals surface area contributed by atoms with Crippen LogP contribution in [-0.2, 0) is 11.2 Å². The summed E-state index contributed by atoms with van der Waals surface area (Å²) in [7, 11) is 1.43. The number of methoxy groups -OCH3 is 1. The lowest BCUT2D eigenvalue weighted by atomic mass is 9.95. The molecule has 0 saturated carbocycles. The first-order chi connectivity index (χ1) is 10.5. The van der Waals surface area contributed by atoms with E-state index in [-0.39, 0.29) is 35.2 Å². The van der Waals surface area contributed by atoms with Gasteiger partial charge in [-0.3, -0.25) is 4.79 Å². The van der Waals surface area contributed by atoms with Gasteiger partial charge in [0.25, 0.3) is 0 Å². The average Bonchev–Trinajstić information content (AvgIpc) is 2.47. The molecule has 6 nitrogen and oxygen atoms in total. The Balaban J connectivity index is 1.99. The lowest BCUT2D eigenvalue weighted by Crippen LogP contribution is -2.25. The minimum absolute atomic E-state index is 0.0150. The molecule has 2 aromatic rings. The van der Waals surface area contributed by atoms with Gasteiger partial charge in [0, 0.05) is 29.7 Å². The third kappa shape index (κ3) is 2.28. The summed E-state index contributed by atoms with van der Waals surface area (Å²) in [6.07, 6.45) is -0.927. The molecule has 1 atom stereocenters. The Kier molecular flexibility index (Phi) is 3.29. The van der Waals surface area contributed by atoms with Crippen molar-refractivity contribution in [2.75, 3.05) is 7.11 Å². The van der Waals surface area contributed by atoms with Crippen LogP contribution in [0.3, 0.4) is 0 Å². The molecule has 0 spiro atoms. The number of rotatable bonds is 2. The van der Waals surface area contributed by atoms with Gasteiger partial charge in [-0.05, 0) is 12.1 Å². The second-order valence-electron chi connectivity index (χ2n) is 5.01. The molecule has 0 aliphatic carbocycles. The highest BCUT2D eigenvalue weighted by molar-refractivity contribution is 5.89. The first-order valence-corrected chi connectivity index (χ1v) is 6.60. The molecule has 3 N–H and O–H groups in total.